The molecule has 1 aromatic rings. The highest BCUT2D eigenvalue weighted by molar-refractivity contribution is 6.67. The molecule has 5 nitrogen and oxygen atoms in total. The quantitative estimate of drug-likeness (QED) is 0.737. The van der Waals surface area contributed by atoms with Gasteiger partial charge in [-0.25, -0.2) is 4.79 Å². The van der Waals surface area contributed by atoms with Gasteiger partial charge in [0.15, 0.2) is 0 Å². The second kappa shape index (κ2) is 5.12. The molecule has 0 bridgehead atoms. The largest absolute Gasteiger partial charge is 0.330 e. The summed E-state index contributed by atoms with van der Waals surface area (Å²) in [4.78, 5) is 34.5. The summed E-state index contributed by atoms with van der Waals surface area (Å²) >= 11 is 5.29. The van der Waals surface area contributed by atoms with Crippen LogP contribution in [0.25, 0.3) is 0 Å². The number of aryl methyl sites for hydroxylation is 1. The number of hydrogen-bond acceptors (Lipinski definition) is 3. The first kappa shape index (κ1) is 12.7. The number of halogens is 1. The van der Waals surface area contributed by atoms with Crippen LogP contribution < -0.4 is 11.2 Å². The molecule has 0 spiro atoms. The van der Waals surface area contributed by atoms with Crippen LogP contribution in [0.5, 0.6) is 0 Å². The third kappa shape index (κ3) is 2.24. The van der Waals surface area contributed by atoms with Gasteiger partial charge in [-0.15, -0.1) is 0 Å². The van der Waals surface area contributed by atoms with E-state index in [-0.39, 0.29) is 12.1 Å². The molecule has 0 aliphatic rings. The van der Waals surface area contributed by atoms with Crippen LogP contribution >= 0.6 is 11.6 Å². The average molecular weight is 245 g/mol. The van der Waals surface area contributed by atoms with Crippen molar-refractivity contribution in [1.82, 2.24) is 9.13 Å². The molecule has 1 aromatic heterocycles. The lowest BCUT2D eigenvalue weighted by Crippen LogP contribution is -2.41. The Morgan fingerprint density at radius 1 is 1.38 bits per heavy atom. The van der Waals surface area contributed by atoms with Gasteiger partial charge in [0.25, 0.3) is 10.8 Å². The smallest absolute Gasteiger partial charge is 0.300 e. The van der Waals surface area contributed by atoms with E-state index < -0.39 is 16.5 Å². The molecule has 0 aliphatic heterocycles. The molecule has 16 heavy (non-hydrogen) atoms. The van der Waals surface area contributed by atoms with Crippen LogP contribution in [0, 0.1) is 0 Å². The van der Waals surface area contributed by atoms with Gasteiger partial charge in [-0.05, 0) is 24.9 Å². The Hall–Kier alpha value is -1.36. The first-order chi connectivity index (χ1) is 7.52. The second-order valence-corrected chi connectivity index (χ2v) is 3.69. The number of carbonyl (C=O) groups is 1. The minimum Gasteiger partial charge on any atom is -0.300 e. The fraction of sp³-hybridized carbons (Fsp3) is 0.500. The van der Waals surface area contributed by atoms with Crippen molar-refractivity contribution in [2.24, 2.45) is 0 Å². The van der Waals surface area contributed by atoms with Gasteiger partial charge in [0, 0.05) is 19.3 Å². The van der Waals surface area contributed by atoms with Crippen molar-refractivity contribution in [3.8, 4) is 0 Å². The van der Waals surface area contributed by atoms with E-state index in [9.17, 15) is 14.4 Å². The van der Waals surface area contributed by atoms with Gasteiger partial charge in [-0.3, -0.25) is 18.7 Å². The topological polar surface area (TPSA) is 61.1 Å². The monoisotopic (exact) mass is 244 g/mol. The summed E-state index contributed by atoms with van der Waals surface area (Å²) in [6, 6.07) is 0. The maximum Gasteiger partial charge on any atom is 0.330 e. The van der Waals surface area contributed by atoms with Crippen molar-refractivity contribution in [3.63, 3.8) is 0 Å². The normalized spacial score (nSPS) is 10.4. The summed E-state index contributed by atoms with van der Waals surface area (Å²) in [6.07, 6.45) is 1.85. The Labute approximate surface area is 97.3 Å². The molecular weight excluding hydrogens is 232 g/mol. The van der Waals surface area contributed by atoms with E-state index in [1.807, 2.05) is 6.92 Å². The second-order valence-electron chi connectivity index (χ2n) is 3.34. The average Bonchev–Trinajstić information content (AvgIpc) is 2.24. The number of aromatic nitrogens is 2. The Morgan fingerprint density at radius 3 is 2.44 bits per heavy atom. The summed E-state index contributed by atoms with van der Waals surface area (Å²) < 4.78 is 2.34. The van der Waals surface area contributed by atoms with Crippen LogP contribution in [-0.4, -0.2) is 14.4 Å². The van der Waals surface area contributed by atoms with Crippen LogP contribution in [0.15, 0.2) is 15.8 Å². The molecule has 1 rings (SSSR count). The summed E-state index contributed by atoms with van der Waals surface area (Å²) in [5, 5.41) is -0.836. The van der Waals surface area contributed by atoms with Gasteiger partial charge in [-0.1, -0.05) is 6.92 Å². The highest BCUT2D eigenvalue weighted by atomic mass is 35.5. The number of carbonyl (C=O) groups excluding carboxylic acids is 1. The molecule has 0 fully saturated rings. The van der Waals surface area contributed by atoms with E-state index in [0.29, 0.717) is 13.0 Å². The highest BCUT2D eigenvalue weighted by Gasteiger charge is 2.14. The van der Waals surface area contributed by atoms with Gasteiger partial charge < -0.3 is 0 Å². The van der Waals surface area contributed by atoms with E-state index >= 15 is 0 Å². The van der Waals surface area contributed by atoms with E-state index in [1.165, 1.54) is 10.8 Å². The summed E-state index contributed by atoms with van der Waals surface area (Å²) in [6.45, 7) is 4.28. The Balaban J connectivity index is 3.58. The van der Waals surface area contributed by atoms with Crippen LogP contribution in [0.2, 0.25) is 0 Å². The number of nitrogens with zero attached hydrogens (tertiary/aromatic N) is 2. The number of hydrogen-bond donors (Lipinski definition) is 0. The third-order valence-electron chi connectivity index (χ3n) is 2.24. The van der Waals surface area contributed by atoms with Gasteiger partial charge >= 0.3 is 5.69 Å². The Bertz CT molecular complexity index is 516. The first-order valence-electron chi connectivity index (χ1n) is 5.07. The van der Waals surface area contributed by atoms with Gasteiger partial charge in [0.1, 0.15) is 5.56 Å². The molecule has 0 unspecified atom stereocenters. The van der Waals surface area contributed by atoms with E-state index in [0.717, 1.165) is 4.57 Å². The molecule has 0 amide bonds. The van der Waals surface area contributed by atoms with Crippen molar-refractivity contribution in [2.45, 2.75) is 33.4 Å². The molecule has 0 aromatic carbocycles. The first-order valence-corrected chi connectivity index (χ1v) is 5.44. The molecule has 0 atom stereocenters. The molecule has 0 saturated carbocycles. The molecule has 88 valence electrons. The van der Waals surface area contributed by atoms with Crippen LogP contribution in [-0.2, 0) is 13.1 Å². The lowest BCUT2D eigenvalue weighted by Gasteiger charge is -2.08. The summed E-state index contributed by atoms with van der Waals surface area (Å²) in [7, 11) is 0. The van der Waals surface area contributed by atoms with Crippen LogP contribution in [0.4, 0.5) is 0 Å². The van der Waals surface area contributed by atoms with E-state index in [4.69, 9.17) is 11.6 Å². The van der Waals surface area contributed by atoms with Crippen LogP contribution in [0.1, 0.15) is 30.6 Å². The minimum atomic E-state index is -0.836. The van der Waals surface area contributed by atoms with Gasteiger partial charge in [0.05, 0.1) is 0 Å². The van der Waals surface area contributed by atoms with Crippen LogP contribution in [0.3, 0.4) is 0 Å². The molecule has 0 N–H and O–H groups in total. The lowest BCUT2D eigenvalue weighted by atomic mass is 10.3. The molecule has 0 saturated heterocycles. The molecule has 0 aliphatic carbocycles. The van der Waals surface area contributed by atoms with Gasteiger partial charge in [-0.2, -0.15) is 0 Å². The fourth-order valence-corrected chi connectivity index (χ4v) is 1.57. The zero-order valence-electron chi connectivity index (χ0n) is 9.20. The van der Waals surface area contributed by atoms with Crippen molar-refractivity contribution >= 4 is 16.8 Å². The van der Waals surface area contributed by atoms with Crippen molar-refractivity contribution in [2.75, 3.05) is 0 Å². The predicted octanol–water partition coefficient (Wildman–Crippen LogP) is 0.819. The molecule has 0 radical (unpaired) electrons. The van der Waals surface area contributed by atoms with Crippen molar-refractivity contribution in [1.29, 1.82) is 0 Å². The molecule has 6 heteroatoms. The fourth-order valence-electron chi connectivity index (χ4n) is 1.44. The third-order valence-corrected chi connectivity index (χ3v) is 2.44. The number of rotatable bonds is 4. The van der Waals surface area contributed by atoms with Crippen molar-refractivity contribution in [3.05, 3.63) is 32.6 Å². The highest BCUT2D eigenvalue weighted by Crippen LogP contribution is 1.96. The zero-order chi connectivity index (χ0) is 12.3. The predicted molar refractivity (Wildman–Crippen MR) is 61.1 cm³/mol. The maximum atomic E-state index is 11.8. The van der Waals surface area contributed by atoms with E-state index in [1.54, 1.807) is 6.92 Å². The minimum absolute atomic E-state index is 0.156. The Kier molecular flexibility index (Phi) is 4.06. The summed E-state index contributed by atoms with van der Waals surface area (Å²) in [5.74, 6) is 0. The van der Waals surface area contributed by atoms with Gasteiger partial charge in [0.2, 0.25) is 0 Å². The summed E-state index contributed by atoms with van der Waals surface area (Å²) in [5.41, 5.74) is -1.18. The molecular formula is C10H13ClN2O3. The van der Waals surface area contributed by atoms with E-state index in [2.05, 4.69) is 0 Å². The molecule has 1 heterocycles. The lowest BCUT2D eigenvalue weighted by molar-refractivity contribution is 0.107. The maximum absolute atomic E-state index is 11.8. The SMILES string of the molecule is CCCn1c(=O)c(C(=O)Cl)cn(CC)c1=O. The zero-order valence-corrected chi connectivity index (χ0v) is 9.95. The standard InChI is InChI=1S/C10H13ClN2O3/c1-3-5-13-9(15)7(8(11)14)6-12(4-2)10(13)16/h6H,3-5H2,1-2H3. The Morgan fingerprint density at radius 2 is 2.00 bits per heavy atom. The van der Waals surface area contributed by atoms with Crippen molar-refractivity contribution < 1.29 is 4.79 Å².